The van der Waals surface area contributed by atoms with Crippen molar-refractivity contribution in [2.45, 2.75) is 26.3 Å². The fourth-order valence-electron chi connectivity index (χ4n) is 2.81. The zero-order chi connectivity index (χ0) is 17.5. The van der Waals surface area contributed by atoms with Crippen molar-refractivity contribution in [3.63, 3.8) is 0 Å². The van der Waals surface area contributed by atoms with Gasteiger partial charge in [0.25, 0.3) is 0 Å². The molecule has 0 aliphatic heterocycles. The predicted octanol–water partition coefficient (Wildman–Crippen LogP) is 2.68. The number of carbonyl (C=O) groups is 1. The summed E-state index contributed by atoms with van der Waals surface area (Å²) in [5.74, 6) is 0.155. The molecule has 1 N–H and O–H groups in total. The van der Waals surface area contributed by atoms with Crippen LogP contribution < -0.4 is 0 Å². The monoisotopic (exact) mass is 326 g/mol. The Kier molecular flexibility index (Phi) is 6.01. The van der Waals surface area contributed by atoms with Crippen LogP contribution in [0.2, 0.25) is 0 Å². The Hall–Kier alpha value is -2.76. The molecule has 0 bridgehead atoms. The number of nitrogens with zero attached hydrogens (tertiary/aromatic N) is 4. The van der Waals surface area contributed by atoms with Gasteiger partial charge < -0.3 is 10.1 Å². The minimum atomic E-state index is -0.213. The molecule has 1 aromatic carbocycles. The van der Waals surface area contributed by atoms with E-state index in [1.165, 1.54) is 12.5 Å². The third kappa shape index (κ3) is 4.16. The summed E-state index contributed by atoms with van der Waals surface area (Å²) >= 11 is 0. The molecule has 2 aromatic rings. The van der Waals surface area contributed by atoms with Gasteiger partial charge in [0.05, 0.1) is 24.4 Å². The molecule has 1 atom stereocenters. The van der Waals surface area contributed by atoms with Gasteiger partial charge in [-0.2, -0.15) is 0 Å². The van der Waals surface area contributed by atoms with Crippen molar-refractivity contribution in [3.05, 3.63) is 59.7 Å². The summed E-state index contributed by atoms with van der Waals surface area (Å²) in [6.07, 6.45) is 4.66. The van der Waals surface area contributed by atoms with Crippen LogP contribution in [0.1, 0.15) is 36.7 Å². The molecule has 0 aliphatic rings. The smallest absolute Gasteiger partial charge is 0.227 e. The zero-order valence-corrected chi connectivity index (χ0v) is 14.1. The first kappa shape index (κ1) is 17.6. The highest BCUT2D eigenvalue weighted by Gasteiger charge is 2.27. The van der Waals surface area contributed by atoms with Crippen LogP contribution in [0.3, 0.4) is 0 Å². The number of hydrogen-bond donors (Lipinski definition) is 1. The van der Waals surface area contributed by atoms with Gasteiger partial charge >= 0.3 is 0 Å². The molecule has 0 spiro atoms. The van der Waals surface area contributed by atoms with Gasteiger partial charge in [-0.25, -0.2) is 9.97 Å². The van der Waals surface area contributed by atoms with Crippen molar-refractivity contribution in [1.29, 1.82) is 0 Å². The minimum absolute atomic E-state index is 0.00985. The van der Waals surface area contributed by atoms with E-state index in [0.29, 0.717) is 12.1 Å². The van der Waals surface area contributed by atoms with Crippen molar-refractivity contribution in [2.24, 2.45) is 11.1 Å². The molecule has 1 aromatic heterocycles. The van der Waals surface area contributed by atoms with Crippen LogP contribution in [0.5, 0.6) is 0 Å². The van der Waals surface area contributed by atoms with Crippen LogP contribution in [-0.4, -0.2) is 39.2 Å². The van der Waals surface area contributed by atoms with E-state index >= 15 is 0 Å². The van der Waals surface area contributed by atoms with Crippen LogP contribution in [-0.2, 0) is 11.2 Å². The molecule has 1 heterocycles. The summed E-state index contributed by atoms with van der Waals surface area (Å²) in [7, 11) is 1.78. The maximum Gasteiger partial charge on any atom is 0.227 e. The van der Waals surface area contributed by atoms with E-state index in [4.69, 9.17) is 5.21 Å². The second kappa shape index (κ2) is 8.19. The van der Waals surface area contributed by atoms with Crippen molar-refractivity contribution in [3.8, 4) is 0 Å². The van der Waals surface area contributed by atoms with E-state index in [1.807, 2.05) is 44.2 Å². The second-order valence-electron chi connectivity index (χ2n) is 5.96. The van der Waals surface area contributed by atoms with Gasteiger partial charge in [0.1, 0.15) is 6.33 Å². The maximum absolute atomic E-state index is 12.7. The van der Waals surface area contributed by atoms with Gasteiger partial charge in [-0.3, -0.25) is 4.79 Å². The lowest BCUT2D eigenvalue weighted by Gasteiger charge is -2.32. The number of hydrogen-bond acceptors (Lipinski definition) is 5. The topological polar surface area (TPSA) is 78.7 Å². The van der Waals surface area contributed by atoms with E-state index in [-0.39, 0.29) is 17.9 Å². The number of rotatable bonds is 6. The van der Waals surface area contributed by atoms with Gasteiger partial charge in [-0.1, -0.05) is 49.3 Å². The molecule has 1 unspecified atom stereocenters. The molecule has 0 radical (unpaired) electrons. The summed E-state index contributed by atoms with van der Waals surface area (Å²) in [5.41, 5.74) is 2.23. The Morgan fingerprint density at radius 1 is 1.33 bits per heavy atom. The van der Waals surface area contributed by atoms with E-state index in [9.17, 15) is 4.79 Å². The second-order valence-corrected chi connectivity index (χ2v) is 5.96. The molecule has 1 amide bonds. The molecular weight excluding hydrogens is 304 g/mol. The van der Waals surface area contributed by atoms with Crippen molar-refractivity contribution in [1.82, 2.24) is 14.9 Å². The SMILES string of the molecule is CC(C)C(c1cncnc1C=NO)N(C)C(=O)Cc1ccccc1. The number of amides is 1. The summed E-state index contributed by atoms with van der Waals surface area (Å²) in [5, 5.41) is 11.9. The molecule has 24 heavy (non-hydrogen) atoms. The molecular formula is C18H22N4O2. The van der Waals surface area contributed by atoms with Gasteiger partial charge in [-0.05, 0) is 11.5 Å². The van der Waals surface area contributed by atoms with E-state index < -0.39 is 0 Å². The van der Waals surface area contributed by atoms with Crippen LogP contribution in [0.15, 0.2) is 48.0 Å². The zero-order valence-electron chi connectivity index (χ0n) is 14.1. The third-order valence-corrected chi connectivity index (χ3v) is 3.91. The predicted molar refractivity (Wildman–Crippen MR) is 91.9 cm³/mol. The largest absolute Gasteiger partial charge is 0.411 e. The fraction of sp³-hybridized carbons (Fsp3) is 0.333. The molecule has 0 saturated heterocycles. The number of benzene rings is 1. The number of likely N-dealkylation sites (N-methyl/N-ethyl adjacent to an activating group) is 1. The van der Waals surface area contributed by atoms with Crippen LogP contribution in [0.25, 0.3) is 0 Å². The van der Waals surface area contributed by atoms with E-state index in [1.54, 1.807) is 18.1 Å². The number of oxime groups is 1. The highest BCUT2D eigenvalue weighted by molar-refractivity contribution is 5.81. The van der Waals surface area contributed by atoms with Gasteiger partial charge in [0, 0.05) is 18.8 Å². The van der Waals surface area contributed by atoms with Crippen molar-refractivity contribution < 1.29 is 10.0 Å². The first-order valence-corrected chi connectivity index (χ1v) is 7.81. The quantitative estimate of drug-likeness (QED) is 0.503. The van der Waals surface area contributed by atoms with Gasteiger partial charge in [-0.15, -0.1) is 0 Å². The highest BCUT2D eigenvalue weighted by Crippen LogP contribution is 2.29. The number of carbonyl (C=O) groups excluding carboxylic acids is 1. The molecule has 0 aliphatic carbocycles. The van der Waals surface area contributed by atoms with Crippen LogP contribution in [0.4, 0.5) is 0 Å². The summed E-state index contributed by atoms with van der Waals surface area (Å²) in [6.45, 7) is 4.06. The van der Waals surface area contributed by atoms with E-state index in [0.717, 1.165) is 11.1 Å². The molecule has 6 heteroatoms. The first-order chi connectivity index (χ1) is 11.5. The Bertz CT molecular complexity index is 701. The number of aromatic nitrogens is 2. The normalized spacial score (nSPS) is 12.5. The molecule has 126 valence electrons. The summed E-state index contributed by atoms with van der Waals surface area (Å²) in [4.78, 5) is 22.6. The lowest BCUT2D eigenvalue weighted by molar-refractivity contribution is -0.132. The molecule has 6 nitrogen and oxygen atoms in total. The van der Waals surface area contributed by atoms with Gasteiger partial charge in [0.2, 0.25) is 5.91 Å². The van der Waals surface area contributed by atoms with Gasteiger partial charge in [0.15, 0.2) is 0 Å². The Morgan fingerprint density at radius 2 is 2.04 bits per heavy atom. The van der Waals surface area contributed by atoms with Crippen molar-refractivity contribution in [2.75, 3.05) is 7.05 Å². The Labute approximate surface area is 141 Å². The standard InChI is InChI=1S/C18H22N4O2/c1-13(2)18(15-10-19-12-20-16(15)11-21-24)22(3)17(23)9-14-7-5-4-6-8-14/h4-8,10-13,18,24H,9H2,1-3H3. The summed E-state index contributed by atoms with van der Waals surface area (Å²) < 4.78 is 0. The first-order valence-electron chi connectivity index (χ1n) is 7.81. The van der Waals surface area contributed by atoms with Crippen LogP contribution >= 0.6 is 0 Å². The van der Waals surface area contributed by atoms with Crippen molar-refractivity contribution >= 4 is 12.1 Å². The molecule has 0 saturated carbocycles. The highest BCUT2D eigenvalue weighted by atomic mass is 16.4. The average molecular weight is 326 g/mol. The fourth-order valence-corrected chi connectivity index (χ4v) is 2.81. The minimum Gasteiger partial charge on any atom is -0.411 e. The third-order valence-electron chi connectivity index (χ3n) is 3.91. The Morgan fingerprint density at radius 3 is 2.67 bits per heavy atom. The lowest BCUT2D eigenvalue weighted by Crippen LogP contribution is -2.36. The summed E-state index contributed by atoms with van der Waals surface area (Å²) in [6, 6.07) is 9.43. The molecule has 0 fully saturated rings. The van der Waals surface area contributed by atoms with Crippen LogP contribution in [0, 0.1) is 5.92 Å². The van der Waals surface area contributed by atoms with E-state index in [2.05, 4.69) is 15.1 Å². The Balaban J connectivity index is 2.29. The molecule has 2 rings (SSSR count). The average Bonchev–Trinajstić information content (AvgIpc) is 2.57. The lowest BCUT2D eigenvalue weighted by atomic mass is 9.94. The maximum atomic E-state index is 12.7.